The summed E-state index contributed by atoms with van der Waals surface area (Å²) in [4.78, 5) is 13.7. The number of benzene rings is 1. The minimum atomic E-state index is -0.354. The molecular weight excluding hydrogens is 209 g/mol. The highest BCUT2D eigenvalue weighted by atomic mass is 19.1. The van der Waals surface area contributed by atoms with E-state index in [0.29, 0.717) is 12.1 Å². The maximum absolute atomic E-state index is 12.7. The molecule has 0 radical (unpaired) electrons. The van der Waals surface area contributed by atoms with E-state index in [1.54, 1.807) is 18.9 Å². The molecule has 1 aromatic rings. The second-order valence-electron chi connectivity index (χ2n) is 3.75. The van der Waals surface area contributed by atoms with Gasteiger partial charge in [-0.3, -0.25) is 9.69 Å². The highest BCUT2D eigenvalue weighted by molar-refractivity contribution is 5.99. The van der Waals surface area contributed by atoms with Gasteiger partial charge in [0.05, 0.1) is 12.6 Å². The first-order valence-electron chi connectivity index (χ1n) is 5.17. The van der Waals surface area contributed by atoms with E-state index in [4.69, 9.17) is 5.11 Å². The molecule has 1 atom stereocenters. The minimum Gasteiger partial charge on any atom is -0.395 e. The van der Waals surface area contributed by atoms with Gasteiger partial charge in [0.2, 0.25) is 0 Å². The Hall–Kier alpha value is -1.26. The molecule has 88 valence electrons. The molecule has 4 heteroatoms. The number of halogens is 1. The van der Waals surface area contributed by atoms with Crippen molar-refractivity contribution >= 4 is 5.78 Å². The normalized spacial score (nSPS) is 12.8. The Balaban J connectivity index is 2.73. The molecule has 1 rings (SSSR count). The number of ketones is 1. The van der Waals surface area contributed by atoms with Gasteiger partial charge in [-0.05, 0) is 38.2 Å². The third-order valence-corrected chi connectivity index (χ3v) is 2.62. The highest BCUT2D eigenvalue weighted by Gasteiger charge is 2.18. The van der Waals surface area contributed by atoms with Crippen molar-refractivity contribution in [1.29, 1.82) is 0 Å². The number of nitrogens with zero attached hydrogens (tertiary/aromatic N) is 1. The average molecular weight is 225 g/mol. The first-order valence-corrected chi connectivity index (χ1v) is 5.17. The van der Waals surface area contributed by atoms with E-state index in [-0.39, 0.29) is 24.2 Å². The zero-order chi connectivity index (χ0) is 12.1. The van der Waals surface area contributed by atoms with Gasteiger partial charge in [-0.2, -0.15) is 0 Å². The van der Waals surface area contributed by atoms with E-state index >= 15 is 0 Å². The molecule has 0 fully saturated rings. The quantitative estimate of drug-likeness (QED) is 0.768. The van der Waals surface area contributed by atoms with Crippen LogP contribution in [0.15, 0.2) is 24.3 Å². The number of rotatable bonds is 5. The Kier molecular flexibility index (Phi) is 4.58. The van der Waals surface area contributed by atoms with Crippen LogP contribution >= 0.6 is 0 Å². The third kappa shape index (κ3) is 3.12. The van der Waals surface area contributed by atoms with Crippen molar-refractivity contribution in [2.75, 3.05) is 20.2 Å². The van der Waals surface area contributed by atoms with Crippen LogP contribution in [0.5, 0.6) is 0 Å². The highest BCUT2D eigenvalue weighted by Crippen LogP contribution is 2.09. The van der Waals surface area contributed by atoms with Crippen molar-refractivity contribution < 1.29 is 14.3 Å². The fourth-order valence-corrected chi connectivity index (χ4v) is 1.41. The first kappa shape index (κ1) is 12.8. The number of aliphatic hydroxyl groups is 1. The Labute approximate surface area is 94.5 Å². The van der Waals surface area contributed by atoms with Crippen molar-refractivity contribution in [3.8, 4) is 0 Å². The Morgan fingerprint density at radius 3 is 2.50 bits per heavy atom. The van der Waals surface area contributed by atoms with E-state index in [2.05, 4.69) is 0 Å². The van der Waals surface area contributed by atoms with Crippen LogP contribution in [0, 0.1) is 5.82 Å². The van der Waals surface area contributed by atoms with Gasteiger partial charge in [0.15, 0.2) is 5.78 Å². The van der Waals surface area contributed by atoms with Crippen molar-refractivity contribution in [2.45, 2.75) is 13.0 Å². The molecule has 1 unspecified atom stereocenters. The lowest BCUT2D eigenvalue weighted by molar-refractivity contribution is 0.0848. The summed E-state index contributed by atoms with van der Waals surface area (Å²) in [6.45, 7) is 2.22. The molecule has 0 saturated heterocycles. The number of likely N-dealkylation sites (N-methyl/N-ethyl adjacent to an activating group) is 1. The van der Waals surface area contributed by atoms with Crippen LogP contribution in [0.4, 0.5) is 4.39 Å². The van der Waals surface area contributed by atoms with Crippen LogP contribution in [0.1, 0.15) is 17.3 Å². The lowest BCUT2D eigenvalue weighted by atomic mass is 10.0. The fraction of sp³-hybridized carbons (Fsp3) is 0.417. The predicted molar refractivity (Wildman–Crippen MR) is 59.9 cm³/mol. The molecule has 0 spiro atoms. The summed E-state index contributed by atoms with van der Waals surface area (Å²) in [5, 5.41) is 8.77. The lowest BCUT2D eigenvalue weighted by Gasteiger charge is -2.22. The van der Waals surface area contributed by atoms with Crippen LogP contribution in [0.25, 0.3) is 0 Å². The van der Waals surface area contributed by atoms with Gasteiger partial charge in [0, 0.05) is 12.1 Å². The van der Waals surface area contributed by atoms with Crippen molar-refractivity contribution in [3.05, 3.63) is 35.6 Å². The van der Waals surface area contributed by atoms with E-state index in [0.717, 1.165) is 0 Å². The summed E-state index contributed by atoms with van der Waals surface area (Å²) in [5.74, 6) is -0.427. The molecule has 1 aromatic carbocycles. The summed E-state index contributed by atoms with van der Waals surface area (Å²) in [6.07, 6.45) is 0. The molecular formula is C12H16FNO2. The SMILES string of the molecule is CC(C(=O)c1ccc(F)cc1)N(C)CCO. The van der Waals surface area contributed by atoms with Gasteiger partial charge >= 0.3 is 0 Å². The Bertz CT molecular complexity index is 351. The van der Waals surface area contributed by atoms with Gasteiger partial charge in [-0.15, -0.1) is 0 Å². The van der Waals surface area contributed by atoms with Gasteiger partial charge in [-0.1, -0.05) is 0 Å². The van der Waals surface area contributed by atoms with Crippen LogP contribution in [-0.4, -0.2) is 42.0 Å². The minimum absolute atomic E-state index is 0.0114. The summed E-state index contributed by atoms with van der Waals surface area (Å²) in [5.41, 5.74) is 0.485. The monoisotopic (exact) mass is 225 g/mol. The zero-order valence-electron chi connectivity index (χ0n) is 9.48. The maximum atomic E-state index is 12.7. The third-order valence-electron chi connectivity index (χ3n) is 2.62. The van der Waals surface area contributed by atoms with Crippen molar-refractivity contribution in [3.63, 3.8) is 0 Å². The molecule has 0 amide bonds. The number of carbonyl (C=O) groups excluding carboxylic acids is 1. The maximum Gasteiger partial charge on any atom is 0.179 e. The van der Waals surface area contributed by atoms with Gasteiger partial charge < -0.3 is 5.11 Å². The summed E-state index contributed by atoms with van der Waals surface area (Å²) in [6, 6.07) is 5.16. The molecule has 3 nitrogen and oxygen atoms in total. The van der Waals surface area contributed by atoms with E-state index in [1.807, 2.05) is 0 Å². The fourth-order valence-electron chi connectivity index (χ4n) is 1.41. The summed E-state index contributed by atoms with van der Waals surface area (Å²) < 4.78 is 12.7. The second-order valence-corrected chi connectivity index (χ2v) is 3.75. The topological polar surface area (TPSA) is 40.5 Å². The number of Topliss-reactive ketones (excluding diaryl/α,β-unsaturated/α-hetero) is 1. The Morgan fingerprint density at radius 2 is 2.00 bits per heavy atom. The number of carbonyl (C=O) groups is 1. The van der Waals surface area contributed by atoms with E-state index in [1.165, 1.54) is 24.3 Å². The molecule has 0 bridgehead atoms. The zero-order valence-corrected chi connectivity index (χ0v) is 9.48. The summed E-state index contributed by atoms with van der Waals surface area (Å²) >= 11 is 0. The van der Waals surface area contributed by atoms with Gasteiger partial charge in [-0.25, -0.2) is 4.39 Å². The van der Waals surface area contributed by atoms with Gasteiger partial charge in [0.1, 0.15) is 5.82 Å². The van der Waals surface area contributed by atoms with E-state index in [9.17, 15) is 9.18 Å². The molecule has 0 aliphatic heterocycles. The van der Waals surface area contributed by atoms with Crippen LogP contribution in [0.2, 0.25) is 0 Å². The number of aliphatic hydroxyl groups excluding tert-OH is 1. The van der Waals surface area contributed by atoms with Crippen LogP contribution in [-0.2, 0) is 0 Å². The Morgan fingerprint density at radius 1 is 1.44 bits per heavy atom. The predicted octanol–water partition coefficient (Wildman–Crippen LogP) is 1.32. The van der Waals surface area contributed by atoms with Crippen LogP contribution < -0.4 is 0 Å². The standard InChI is InChI=1S/C12H16FNO2/c1-9(14(2)7-8-15)12(16)10-3-5-11(13)6-4-10/h3-6,9,15H,7-8H2,1-2H3. The molecule has 0 aromatic heterocycles. The molecule has 0 aliphatic carbocycles. The second kappa shape index (κ2) is 5.72. The molecule has 0 aliphatic rings. The van der Waals surface area contributed by atoms with Gasteiger partial charge in [0.25, 0.3) is 0 Å². The lowest BCUT2D eigenvalue weighted by Crippen LogP contribution is -2.37. The average Bonchev–Trinajstić information content (AvgIpc) is 2.28. The van der Waals surface area contributed by atoms with Crippen molar-refractivity contribution in [1.82, 2.24) is 4.90 Å². The first-order chi connectivity index (χ1) is 7.56. The molecule has 1 N–H and O–H groups in total. The molecule has 0 heterocycles. The molecule has 16 heavy (non-hydrogen) atoms. The molecule has 0 saturated carbocycles. The van der Waals surface area contributed by atoms with Crippen molar-refractivity contribution in [2.24, 2.45) is 0 Å². The largest absolute Gasteiger partial charge is 0.395 e. The summed E-state index contributed by atoms with van der Waals surface area (Å²) in [7, 11) is 1.77. The number of hydrogen-bond donors (Lipinski definition) is 1. The van der Waals surface area contributed by atoms with Crippen LogP contribution in [0.3, 0.4) is 0 Å². The number of hydrogen-bond acceptors (Lipinski definition) is 3. The van der Waals surface area contributed by atoms with E-state index < -0.39 is 0 Å². The smallest absolute Gasteiger partial charge is 0.179 e.